The van der Waals surface area contributed by atoms with Gasteiger partial charge in [0, 0.05) is 25.6 Å². The normalized spacial score (nSPS) is 20.1. The van der Waals surface area contributed by atoms with E-state index in [0.29, 0.717) is 5.56 Å². The van der Waals surface area contributed by atoms with Crippen molar-refractivity contribution in [3.8, 4) is 11.5 Å². The number of rotatable bonds is 9. The Hall–Kier alpha value is -3.22. The quantitative estimate of drug-likeness (QED) is 0.370. The molecule has 0 unspecified atom stereocenters. The lowest BCUT2D eigenvalue weighted by atomic mass is 10.0. The molecule has 0 aliphatic carbocycles. The fourth-order valence-corrected chi connectivity index (χ4v) is 7.83. The van der Waals surface area contributed by atoms with Crippen LogP contribution in [0.2, 0.25) is 0 Å². The molecule has 0 bridgehead atoms. The Balaban J connectivity index is 1.74. The number of aliphatic hydroxyl groups is 1. The van der Waals surface area contributed by atoms with Gasteiger partial charge in [-0.15, -0.1) is 0 Å². The van der Waals surface area contributed by atoms with Crippen LogP contribution >= 0.6 is 0 Å². The Bertz CT molecular complexity index is 1590. The maximum Gasteiger partial charge on any atom is 0.247 e. The summed E-state index contributed by atoms with van der Waals surface area (Å²) in [5.41, 5.74) is 1.69. The topological polar surface area (TPSA) is 113 Å². The van der Waals surface area contributed by atoms with Gasteiger partial charge < -0.3 is 14.6 Å². The second kappa shape index (κ2) is 12.7. The Morgan fingerprint density at radius 3 is 2.41 bits per heavy atom. The van der Waals surface area contributed by atoms with Crippen LogP contribution in [0.3, 0.4) is 0 Å². The zero-order valence-electron chi connectivity index (χ0n) is 23.5. The molecular weight excluding hydrogens is 564 g/mol. The number of methoxy groups -OCH3 is 1. The molecule has 1 N–H and O–H groups in total. The van der Waals surface area contributed by atoms with Crippen LogP contribution in [-0.2, 0) is 20.0 Å². The van der Waals surface area contributed by atoms with E-state index in [1.807, 2.05) is 49.4 Å². The molecule has 1 heterocycles. The second-order valence-corrected chi connectivity index (χ2v) is 14.0. The van der Waals surface area contributed by atoms with Crippen molar-refractivity contribution in [2.45, 2.75) is 35.8 Å². The van der Waals surface area contributed by atoms with Crippen molar-refractivity contribution in [3.63, 3.8) is 0 Å². The molecule has 1 aliphatic rings. The fourth-order valence-electron chi connectivity index (χ4n) is 4.67. The Kier molecular flexibility index (Phi) is 9.55. The first kappa shape index (κ1) is 30.7. The van der Waals surface area contributed by atoms with Gasteiger partial charge in [-0.1, -0.05) is 67.6 Å². The Morgan fingerprint density at radius 2 is 1.73 bits per heavy atom. The molecule has 0 saturated carbocycles. The highest BCUT2D eigenvalue weighted by molar-refractivity contribution is 7.89. The lowest BCUT2D eigenvalue weighted by Gasteiger charge is -2.37. The average molecular weight is 601 g/mol. The monoisotopic (exact) mass is 600 g/mol. The van der Waals surface area contributed by atoms with Crippen LogP contribution in [-0.4, -0.2) is 76.6 Å². The highest BCUT2D eigenvalue weighted by atomic mass is 32.2. The van der Waals surface area contributed by atoms with Gasteiger partial charge in [0.15, 0.2) is 0 Å². The number of hydrogen-bond donors (Lipinski definition) is 1. The molecule has 4 rings (SSSR count). The maximum absolute atomic E-state index is 13.8. The minimum absolute atomic E-state index is 0.0235. The van der Waals surface area contributed by atoms with Crippen LogP contribution in [0.25, 0.3) is 12.2 Å². The van der Waals surface area contributed by atoms with Gasteiger partial charge in [-0.05, 0) is 42.3 Å². The third-order valence-electron chi connectivity index (χ3n) is 7.15. The van der Waals surface area contributed by atoms with Crippen LogP contribution in [0.1, 0.15) is 25.0 Å². The zero-order valence-corrected chi connectivity index (χ0v) is 25.2. The molecule has 9 nitrogen and oxygen atoms in total. The predicted octanol–water partition coefficient (Wildman–Crippen LogP) is 3.95. The summed E-state index contributed by atoms with van der Waals surface area (Å²) in [6, 6.07) is 20.2. The number of likely N-dealkylation sites (N-methyl/N-ethyl adjacent to an activating group) is 1. The summed E-state index contributed by atoms with van der Waals surface area (Å²) < 4.78 is 68.7. The number of benzene rings is 3. The number of aliphatic hydroxyl groups excluding tert-OH is 1. The summed E-state index contributed by atoms with van der Waals surface area (Å²) in [7, 11) is -5.12. The van der Waals surface area contributed by atoms with E-state index in [4.69, 9.17) is 9.47 Å². The first-order valence-electron chi connectivity index (χ1n) is 13.2. The van der Waals surface area contributed by atoms with Gasteiger partial charge in [-0.2, -0.15) is 8.61 Å². The van der Waals surface area contributed by atoms with E-state index in [1.165, 1.54) is 34.9 Å². The smallest absolute Gasteiger partial charge is 0.247 e. The van der Waals surface area contributed by atoms with E-state index >= 15 is 0 Å². The van der Waals surface area contributed by atoms with Crippen LogP contribution in [0.5, 0.6) is 11.5 Å². The van der Waals surface area contributed by atoms with E-state index in [0.717, 1.165) is 5.56 Å². The Labute approximate surface area is 242 Å². The summed E-state index contributed by atoms with van der Waals surface area (Å²) in [6.07, 6.45) is 3.06. The minimum atomic E-state index is -4.03. The molecule has 3 aromatic carbocycles. The van der Waals surface area contributed by atoms with Gasteiger partial charge in [-0.25, -0.2) is 16.8 Å². The molecule has 0 amide bonds. The molecule has 1 aliphatic heterocycles. The zero-order chi connectivity index (χ0) is 29.8. The molecule has 220 valence electrons. The highest BCUT2D eigenvalue weighted by Crippen LogP contribution is 2.35. The van der Waals surface area contributed by atoms with Crippen molar-refractivity contribution in [2.24, 2.45) is 5.92 Å². The van der Waals surface area contributed by atoms with Crippen molar-refractivity contribution in [1.29, 1.82) is 0 Å². The highest BCUT2D eigenvalue weighted by Gasteiger charge is 2.39. The summed E-state index contributed by atoms with van der Waals surface area (Å²) >= 11 is 0. The van der Waals surface area contributed by atoms with Gasteiger partial charge >= 0.3 is 0 Å². The maximum atomic E-state index is 13.8. The van der Waals surface area contributed by atoms with E-state index in [2.05, 4.69) is 0 Å². The van der Waals surface area contributed by atoms with E-state index in [-0.39, 0.29) is 41.0 Å². The van der Waals surface area contributed by atoms with Crippen molar-refractivity contribution < 1.29 is 31.4 Å². The lowest BCUT2D eigenvalue weighted by Crippen LogP contribution is -2.50. The third kappa shape index (κ3) is 6.65. The molecule has 0 radical (unpaired) electrons. The number of ether oxygens (including phenoxy) is 2. The molecule has 3 aromatic rings. The van der Waals surface area contributed by atoms with E-state index in [9.17, 15) is 21.9 Å². The molecule has 0 saturated heterocycles. The molecule has 11 heteroatoms. The van der Waals surface area contributed by atoms with Gasteiger partial charge in [0.05, 0.1) is 20.3 Å². The van der Waals surface area contributed by atoms with Crippen molar-refractivity contribution in [3.05, 3.63) is 83.9 Å². The largest absolute Gasteiger partial charge is 0.495 e. The standard InChI is InChI=1S/C30H36N2O7S2/c1-22-19-32(23(2)21-33)41(36,37)30-17-16-25(15-14-24-10-6-5-7-11-24)18-27(30)39-28(22)20-31(3)40(34,35)29-13-9-8-12-26(29)38-4/h5-18,22-23,28,33H,19-21H2,1-4H3/b15-14+/t22-,23-,28-/m1/s1. The molecular formula is C30H36N2O7S2. The Morgan fingerprint density at radius 1 is 1.07 bits per heavy atom. The van der Waals surface area contributed by atoms with E-state index in [1.54, 1.807) is 37.3 Å². The number of nitrogens with zero attached hydrogens (tertiary/aromatic N) is 2. The summed E-state index contributed by atoms with van der Waals surface area (Å²) in [4.78, 5) is -0.0165. The average Bonchev–Trinajstić information content (AvgIpc) is 2.97. The molecule has 0 aromatic heterocycles. The number of para-hydroxylation sites is 1. The van der Waals surface area contributed by atoms with Crippen molar-refractivity contribution >= 4 is 32.2 Å². The lowest BCUT2D eigenvalue weighted by molar-refractivity contribution is 0.0904. The summed E-state index contributed by atoms with van der Waals surface area (Å²) in [5, 5.41) is 9.89. The van der Waals surface area contributed by atoms with Gasteiger partial charge in [-0.3, -0.25) is 0 Å². The number of sulfonamides is 2. The van der Waals surface area contributed by atoms with Gasteiger partial charge in [0.25, 0.3) is 0 Å². The molecule has 3 atom stereocenters. The van der Waals surface area contributed by atoms with Crippen LogP contribution < -0.4 is 9.47 Å². The second-order valence-electron chi connectivity index (χ2n) is 10.1. The summed E-state index contributed by atoms with van der Waals surface area (Å²) in [5.74, 6) is -0.0824. The minimum Gasteiger partial charge on any atom is -0.495 e. The first-order chi connectivity index (χ1) is 19.5. The van der Waals surface area contributed by atoms with Gasteiger partial charge in [0.1, 0.15) is 27.4 Å². The SMILES string of the molecule is COc1ccccc1S(=O)(=O)N(C)C[C@H]1Oc2cc(/C=C/c3ccccc3)ccc2S(=O)(=O)N([C@H](C)CO)C[C@H]1C. The molecule has 41 heavy (non-hydrogen) atoms. The van der Waals surface area contributed by atoms with Crippen LogP contribution in [0.4, 0.5) is 0 Å². The third-order valence-corrected chi connectivity index (χ3v) is 11.0. The number of hydrogen-bond acceptors (Lipinski definition) is 7. The van der Waals surface area contributed by atoms with E-state index < -0.39 is 38.1 Å². The van der Waals surface area contributed by atoms with Crippen molar-refractivity contribution in [2.75, 3.05) is 33.9 Å². The number of fused-ring (bicyclic) bond motifs is 1. The fraction of sp³-hybridized carbons (Fsp3) is 0.333. The predicted molar refractivity (Wildman–Crippen MR) is 159 cm³/mol. The van der Waals surface area contributed by atoms with Crippen molar-refractivity contribution in [1.82, 2.24) is 8.61 Å². The summed E-state index contributed by atoms with van der Waals surface area (Å²) in [6.45, 7) is 3.06. The molecule has 0 fully saturated rings. The van der Waals surface area contributed by atoms with Gasteiger partial charge in [0.2, 0.25) is 20.0 Å². The molecule has 0 spiro atoms. The first-order valence-corrected chi connectivity index (χ1v) is 16.1. The van der Waals surface area contributed by atoms with Crippen LogP contribution in [0.15, 0.2) is 82.6 Å². The van der Waals surface area contributed by atoms with Crippen LogP contribution in [0, 0.1) is 5.92 Å².